The van der Waals surface area contributed by atoms with Crippen LogP contribution in [0.1, 0.15) is 25.8 Å². The molecule has 0 aliphatic rings. The van der Waals surface area contributed by atoms with E-state index in [2.05, 4.69) is 59.1 Å². The number of halogens is 1. The molecule has 0 saturated heterocycles. The minimum atomic E-state index is -0.0507. The molecule has 0 aliphatic heterocycles. The molecule has 0 bridgehead atoms. The number of benzene rings is 1. The lowest BCUT2D eigenvalue weighted by molar-refractivity contribution is 0.414. The highest BCUT2D eigenvalue weighted by molar-refractivity contribution is 9.10. The van der Waals surface area contributed by atoms with Gasteiger partial charge in [0.2, 0.25) is 0 Å². The summed E-state index contributed by atoms with van der Waals surface area (Å²) in [5.41, 5.74) is 1.03. The van der Waals surface area contributed by atoms with Crippen LogP contribution in [0.25, 0.3) is 10.2 Å². The highest BCUT2D eigenvalue weighted by atomic mass is 79.9. The molecule has 86 valence electrons. The summed E-state index contributed by atoms with van der Waals surface area (Å²) < 4.78 is 2.34. The third-order valence-corrected chi connectivity index (χ3v) is 4.34. The molecule has 1 aromatic carbocycles. The Hall–Kier alpha value is -0.450. The quantitative estimate of drug-likeness (QED) is 0.929. The van der Waals surface area contributed by atoms with E-state index in [1.54, 1.807) is 11.3 Å². The minimum Gasteiger partial charge on any atom is -0.306 e. The second kappa shape index (κ2) is 4.43. The molecule has 0 fully saturated rings. The Morgan fingerprint density at radius 3 is 2.88 bits per heavy atom. The summed E-state index contributed by atoms with van der Waals surface area (Å²) in [6, 6.07) is 6.21. The summed E-state index contributed by atoms with van der Waals surface area (Å²) in [6.07, 6.45) is 0. The summed E-state index contributed by atoms with van der Waals surface area (Å²) in [6.45, 7) is 7.41. The van der Waals surface area contributed by atoms with Crippen molar-refractivity contribution in [1.82, 2.24) is 10.3 Å². The van der Waals surface area contributed by atoms with Crippen molar-refractivity contribution in [1.29, 1.82) is 0 Å². The van der Waals surface area contributed by atoms with Crippen LogP contribution in [0.4, 0.5) is 0 Å². The molecule has 1 N–H and O–H groups in total. The van der Waals surface area contributed by atoms with Gasteiger partial charge in [0.25, 0.3) is 0 Å². The molecule has 0 spiro atoms. The van der Waals surface area contributed by atoms with Crippen LogP contribution in [0.15, 0.2) is 22.7 Å². The first kappa shape index (κ1) is 12.0. The van der Waals surface area contributed by atoms with Crippen molar-refractivity contribution in [2.24, 2.45) is 0 Å². The lowest BCUT2D eigenvalue weighted by atomic mass is 10.1. The van der Waals surface area contributed by atoms with Crippen LogP contribution in [-0.2, 0) is 5.54 Å². The average molecular weight is 299 g/mol. The highest BCUT2D eigenvalue weighted by Gasteiger charge is 2.23. The number of rotatable bonds is 3. The maximum Gasteiger partial charge on any atom is 0.113 e. The fourth-order valence-electron chi connectivity index (χ4n) is 1.68. The van der Waals surface area contributed by atoms with Crippen LogP contribution in [0, 0.1) is 0 Å². The van der Waals surface area contributed by atoms with Crippen LogP contribution in [0.3, 0.4) is 0 Å². The maximum atomic E-state index is 4.68. The zero-order valence-corrected chi connectivity index (χ0v) is 12.1. The van der Waals surface area contributed by atoms with Crippen molar-refractivity contribution in [2.75, 3.05) is 6.54 Å². The van der Waals surface area contributed by atoms with Gasteiger partial charge in [0.05, 0.1) is 15.8 Å². The molecule has 4 heteroatoms. The van der Waals surface area contributed by atoms with Gasteiger partial charge in [0, 0.05) is 4.47 Å². The number of nitrogens with zero attached hydrogens (tertiary/aromatic N) is 1. The molecule has 2 rings (SSSR count). The SMILES string of the molecule is CCNC(C)(C)c1nc2ccc(Br)cc2s1. The van der Waals surface area contributed by atoms with Crippen molar-refractivity contribution >= 4 is 37.5 Å². The van der Waals surface area contributed by atoms with E-state index in [4.69, 9.17) is 0 Å². The standard InChI is InChI=1S/C12H15BrN2S/c1-4-14-12(2,3)11-15-9-6-5-8(13)7-10(9)16-11/h5-7,14H,4H2,1-3H3. The second-order valence-corrected chi connectivity index (χ2v) is 6.23. The van der Waals surface area contributed by atoms with Crippen LogP contribution in [0.2, 0.25) is 0 Å². The van der Waals surface area contributed by atoms with E-state index < -0.39 is 0 Å². The third kappa shape index (κ3) is 2.29. The second-order valence-electron chi connectivity index (χ2n) is 4.29. The first-order chi connectivity index (χ1) is 7.53. The zero-order chi connectivity index (χ0) is 11.8. The molecular formula is C12H15BrN2S. The first-order valence-electron chi connectivity index (χ1n) is 5.34. The molecule has 2 nitrogen and oxygen atoms in total. The number of nitrogens with one attached hydrogen (secondary N) is 1. The predicted octanol–water partition coefficient (Wildman–Crippen LogP) is 3.90. The van der Waals surface area contributed by atoms with Gasteiger partial charge in [-0.05, 0) is 38.6 Å². The van der Waals surface area contributed by atoms with E-state index in [0.29, 0.717) is 0 Å². The van der Waals surface area contributed by atoms with Crippen LogP contribution in [-0.4, -0.2) is 11.5 Å². The van der Waals surface area contributed by atoms with E-state index in [1.165, 1.54) is 4.70 Å². The largest absolute Gasteiger partial charge is 0.306 e. The fraction of sp³-hybridized carbons (Fsp3) is 0.417. The summed E-state index contributed by atoms with van der Waals surface area (Å²) in [5, 5.41) is 4.59. The monoisotopic (exact) mass is 298 g/mol. The van der Waals surface area contributed by atoms with Gasteiger partial charge in [-0.3, -0.25) is 0 Å². The first-order valence-corrected chi connectivity index (χ1v) is 6.95. The van der Waals surface area contributed by atoms with E-state index in [-0.39, 0.29) is 5.54 Å². The molecule has 1 heterocycles. The molecule has 1 aromatic heterocycles. The van der Waals surface area contributed by atoms with Crippen molar-refractivity contribution in [3.05, 3.63) is 27.7 Å². The van der Waals surface area contributed by atoms with Crippen LogP contribution >= 0.6 is 27.3 Å². The van der Waals surface area contributed by atoms with E-state index >= 15 is 0 Å². The predicted molar refractivity (Wildman–Crippen MR) is 74.0 cm³/mol. The van der Waals surface area contributed by atoms with Crippen molar-refractivity contribution in [3.63, 3.8) is 0 Å². The molecule has 0 amide bonds. The fourth-order valence-corrected chi connectivity index (χ4v) is 3.28. The molecular weight excluding hydrogens is 284 g/mol. The summed E-state index contributed by atoms with van der Waals surface area (Å²) >= 11 is 5.24. The smallest absolute Gasteiger partial charge is 0.113 e. The number of hydrogen-bond donors (Lipinski definition) is 1. The van der Waals surface area contributed by atoms with E-state index in [1.807, 2.05) is 6.07 Å². The minimum absolute atomic E-state index is 0.0507. The van der Waals surface area contributed by atoms with Gasteiger partial charge in [0.15, 0.2) is 0 Å². The van der Waals surface area contributed by atoms with Gasteiger partial charge < -0.3 is 5.32 Å². The van der Waals surface area contributed by atoms with E-state index in [0.717, 1.165) is 21.5 Å². The third-order valence-electron chi connectivity index (χ3n) is 2.50. The Morgan fingerprint density at radius 2 is 2.19 bits per heavy atom. The Bertz CT molecular complexity index is 505. The Kier molecular flexibility index (Phi) is 3.33. The van der Waals surface area contributed by atoms with Crippen molar-refractivity contribution < 1.29 is 0 Å². The summed E-state index contributed by atoms with van der Waals surface area (Å²) in [7, 11) is 0. The van der Waals surface area contributed by atoms with Gasteiger partial charge in [0.1, 0.15) is 5.01 Å². The highest BCUT2D eigenvalue weighted by Crippen LogP contribution is 2.31. The number of fused-ring (bicyclic) bond motifs is 1. The Morgan fingerprint density at radius 1 is 1.44 bits per heavy atom. The number of hydrogen-bond acceptors (Lipinski definition) is 3. The molecule has 0 saturated carbocycles. The lowest BCUT2D eigenvalue weighted by Crippen LogP contribution is -2.36. The van der Waals surface area contributed by atoms with Crippen molar-refractivity contribution in [3.8, 4) is 0 Å². The molecule has 0 unspecified atom stereocenters. The average Bonchev–Trinajstić information content (AvgIpc) is 2.61. The van der Waals surface area contributed by atoms with Gasteiger partial charge in [-0.15, -0.1) is 11.3 Å². The molecule has 2 aromatic rings. The molecule has 0 radical (unpaired) electrons. The van der Waals surface area contributed by atoms with E-state index in [9.17, 15) is 0 Å². The maximum absolute atomic E-state index is 4.68. The molecule has 0 atom stereocenters. The molecule has 0 aliphatic carbocycles. The van der Waals surface area contributed by atoms with Gasteiger partial charge in [-0.25, -0.2) is 4.98 Å². The summed E-state index contributed by atoms with van der Waals surface area (Å²) in [5.74, 6) is 0. The van der Waals surface area contributed by atoms with Crippen LogP contribution in [0.5, 0.6) is 0 Å². The van der Waals surface area contributed by atoms with Gasteiger partial charge >= 0.3 is 0 Å². The number of thiazole rings is 1. The lowest BCUT2D eigenvalue weighted by Gasteiger charge is -2.22. The van der Waals surface area contributed by atoms with Crippen LogP contribution < -0.4 is 5.32 Å². The van der Waals surface area contributed by atoms with Gasteiger partial charge in [-0.2, -0.15) is 0 Å². The topological polar surface area (TPSA) is 24.9 Å². The molecule has 16 heavy (non-hydrogen) atoms. The summed E-state index contributed by atoms with van der Waals surface area (Å²) in [4.78, 5) is 4.68. The normalized spacial score (nSPS) is 12.2. The Balaban J connectivity index is 2.46. The van der Waals surface area contributed by atoms with Crippen molar-refractivity contribution in [2.45, 2.75) is 26.3 Å². The number of aromatic nitrogens is 1. The Labute approximate surface area is 108 Å². The zero-order valence-electron chi connectivity index (χ0n) is 9.67. The van der Waals surface area contributed by atoms with Gasteiger partial charge in [-0.1, -0.05) is 22.9 Å².